The lowest BCUT2D eigenvalue weighted by molar-refractivity contribution is 0.212. The summed E-state index contributed by atoms with van der Waals surface area (Å²) < 4.78 is 0. The third kappa shape index (κ3) is 4.78. The Morgan fingerprint density at radius 2 is 2.07 bits per heavy atom. The molecule has 0 radical (unpaired) electrons. The van der Waals surface area contributed by atoms with Gasteiger partial charge in [-0.3, -0.25) is 0 Å². The molecule has 0 bridgehead atoms. The highest BCUT2D eigenvalue weighted by atomic mass is 32.2. The van der Waals surface area contributed by atoms with E-state index in [2.05, 4.69) is 13.2 Å². The average molecular weight is 229 g/mol. The summed E-state index contributed by atoms with van der Waals surface area (Å²) in [5.41, 5.74) is 6.21. The number of thioether (sulfide) groups is 1. The molecule has 0 aromatic rings. The zero-order valence-corrected chi connectivity index (χ0v) is 11.2. The zero-order valence-electron chi connectivity index (χ0n) is 10.4. The van der Waals surface area contributed by atoms with E-state index in [1.54, 1.807) is 0 Å². The van der Waals surface area contributed by atoms with E-state index in [-0.39, 0.29) is 0 Å². The molecule has 1 aliphatic rings. The maximum absolute atomic E-state index is 6.21. The SMILES string of the molecule is CCCC1CCC(N)C(CCCSC)C1. The molecule has 0 amide bonds. The number of hydrogen-bond acceptors (Lipinski definition) is 2. The first-order chi connectivity index (χ1) is 7.27. The molecule has 3 atom stereocenters. The van der Waals surface area contributed by atoms with Gasteiger partial charge in [-0.1, -0.05) is 19.8 Å². The monoisotopic (exact) mass is 229 g/mol. The van der Waals surface area contributed by atoms with E-state index in [0.717, 1.165) is 11.8 Å². The van der Waals surface area contributed by atoms with Gasteiger partial charge >= 0.3 is 0 Å². The second-order valence-corrected chi connectivity index (χ2v) is 6.01. The predicted molar refractivity (Wildman–Crippen MR) is 71.3 cm³/mol. The van der Waals surface area contributed by atoms with Crippen LogP contribution < -0.4 is 5.73 Å². The molecule has 1 aliphatic carbocycles. The van der Waals surface area contributed by atoms with E-state index < -0.39 is 0 Å². The Hall–Kier alpha value is 0.310. The number of nitrogens with two attached hydrogens (primary N) is 1. The van der Waals surface area contributed by atoms with Gasteiger partial charge < -0.3 is 5.73 Å². The van der Waals surface area contributed by atoms with Crippen molar-refractivity contribution in [1.82, 2.24) is 0 Å². The molecule has 1 saturated carbocycles. The maximum Gasteiger partial charge on any atom is 0.00673 e. The molecule has 90 valence electrons. The Bertz CT molecular complexity index is 161. The van der Waals surface area contributed by atoms with Crippen molar-refractivity contribution < 1.29 is 0 Å². The van der Waals surface area contributed by atoms with Gasteiger partial charge in [-0.25, -0.2) is 0 Å². The molecular weight excluding hydrogens is 202 g/mol. The van der Waals surface area contributed by atoms with Crippen LogP contribution in [0.25, 0.3) is 0 Å². The summed E-state index contributed by atoms with van der Waals surface area (Å²) in [5.74, 6) is 3.11. The van der Waals surface area contributed by atoms with Gasteiger partial charge in [0.15, 0.2) is 0 Å². The van der Waals surface area contributed by atoms with Crippen molar-refractivity contribution in [2.24, 2.45) is 17.6 Å². The summed E-state index contributed by atoms with van der Waals surface area (Å²) in [5, 5.41) is 0. The summed E-state index contributed by atoms with van der Waals surface area (Å²) in [6.45, 7) is 2.30. The number of hydrogen-bond donors (Lipinski definition) is 1. The summed E-state index contributed by atoms with van der Waals surface area (Å²) in [7, 11) is 0. The van der Waals surface area contributed by atoms with Crippen LogP contribution >= 0.6 is 11.8 Å². The zero-order chi connectivity index (χ0) is 11.1. The van der Waals surface area contributed by atoms with Crippen molar-refractivity contribution >= 4 is 11.8 Å². The fraction of sp³-hybridized carbons (Fsp3) is 1.00. The molecule has 15 heavy (non-hydrogen) atoms. The Morgan fingerprint density at radius 3 is 2.73 bits per heavy atom. The van der Waals surface area contributed by atoms with E-state index in [1.807, 2.05) is 11.8 Å². The molecule has 2 N–H and O–H groups in total. The quantitative estimate of drug-likeness (QED) is 0.703. The molecule has 1 fully saturated rings. The van der Waals surface area contributed by atoms with Crippen LogP contribution in [0, 0.1) is 11.8 Å². The van der Waals surface area contributed by atoms with Crippen molar-refractivity contribution in [2.75, 3.05) is 12.0 Å². The van der Waals surface area contributed by atoms with Gasteiger partial charge in [0.25, 0.3) is 0 Å². The van der Waals surface area contributed by atoms with Crippen molar-refractivity contribution in [3.63, 3.8) is 0 Å². The summed E-state index contributed by atoms with van der Waals surface area (Å²) >= 11 is 1.96. The molecule has 0 aromatic carbocycles. The third-order valence-electron chi connectivity index (χ3n) is 3.77. The molecule has 0 heterocycles. The highest BCUT2D eigenvalue weighted by Crippen LogP contribution is 2.33. The molecule has 1 rings (SSSR count). The van der Waals surface area contributed by atoms with Crippen LogP contribution in [0.1, 0.15) is 51.9 Å². The third-order valence-corrected chi connectivity index (χ3v) is 4.47. The van der Waals surface area contributed by atoms with Crippen LogP contribution in [0.4, 0.5) is 0 Å². The smallest absolute Gasteiger partial charge is 0.00673 e. The minimum absolute atomic E-state index is 0.500. The average Bonchev–Trinajstić information content (AvgIpc) is 2.23. The molecule has 0 spiro atoms. The summed E-state index contributed by atoms with van der Waals surface area (Å²) in [6, 6.07) is 0.500. The largest absolute Gasteiger partial charge is 0.327 e. The van der Waals surface area contributed by atoms with Crippen molar-refractivity contribution in [3.8, 4) is 0 Å². The van der Waals surface area contributed by atoms with Crippen molar-refractivity contribution in [3.05, 3.63) is 0 Å². The topological polar surface area (TPSA) is 26.0 Å². The fourth-order valence-electron chi connectivity index (χ4n) is 2.88. The number of rotatable bonds is 6. The molecule has 3 unspecified atom stereocenters. The van der Waals surface area contributed by atoms with Crippen LogP contribution in [0.3, 0.4) is 0 Å². The highest BCUT2D eigenvalue weighted by molar-refractivity contribution is 7.98. The first kappa shape index (κ1) is 13.4. The first-order valence-electron chi connectivity index (χ1n) is 6.52. The van der Waals surface area contributed by atoms with Crippen LogP contribution in [0.15, 0.2) is 0 Å². The highest BCUT2D eigenvalue weighted by Gasteiger charge is 2.26. The van der Waals surface area contributed by atoms with E-state index in [0.29, 0.717) is 6.04 Å². The lowest BCUT2D eigenvalue weighted by Gasteiger charge is -2.34. The lowest BCUT2D eigenvalue weighted by Crippen LogP contribution is -2.36. The summed E-state index contributed by atoms with van der Waals surface area (Å²) in [6.07, 6.45) is 11.7. The van der Waals surface area contributed by atoms with Crippen LogP contribution in [0.5, 0.6) is 0 Å². The Morgan fingerprint density at radius 1 is 1.27 bits per heavy atom. The van der Waals surface area contributed by atoms with Gasteiger partial charge in [-0.2, -0.15) is 11.8 Å². The Balaban J connectivity index is 2.26. The van der Waals surface area contributed by atoms with Gasteiger partial charge in [0.1, 0.15) is 0 Å². The minimum atomic E-state index is 0.500. The van der Waals surface area contributed by atoms with Gasteiger partial charge in [-0.15, -0.1) is 0 Å². The predicted octanol–water partition coefficient (Wildman–Crippen LogP) is 3.67. The second-order valence-electron chi connectivity index (χ2n) is 5.03. The van der Waals surface area contributed by atoms with E-state index >= 15 is 0 Å². The van der Waals surface area contributed by atoms with Crippen LogP contribution in [0.2, 0.25) is 0 Å². The van der Waals surface area contributed by atoms with Crippen LogP contribution in [-0.2, 0) is 0 Å². The van der Waals surface area contributed by atoms with Crippen LogP contribution in [-0.4, -0.2) is 18.1 Å². The van der Waals surface area contributed by atoms with E-state index in [4.69, 9.17) is 5.73 Å². The van der Waals surface area contributed by atoms with E-state index in [1.165, 1.54) is 50.7 Å². The van der Waals surface area contributed by atoms with Gasteiger partial charge in [0, 0.05) is 6.04 Å². The van der Waals surface area contributed by atoms with Gasteiger partial charge in [0.05, 0.1) is 0 Å². The molecule has 2 heteroatoms. The normalized spacial score (nSPS) is 31.8. The van der Waals surface area contributed by atoms with Gasteiger partial charge in [-0.05, 0) is 55.9 Å². The van der Waals surface area contributed by atoms with Gasteiger partial charge in [0.2, 0.25) is 0 Å². The molecular formula is C13H27NS. The van der Waals surface area contributed by atoms with Crippen molar-refractivity contribution in [1.29, 1.82) is 0 Å². The molecule has 0 aromatic heterocycles. The Kier molecular flexibility index (Phi) is 6.74. The van der Waals surface area contributed by atoms with E-state index in [9.17, 15) is 0 Å². The minimum Gasteiger partial charge on any atom is -0.327 e. The standard InChI is InChI=1S/C13H27NS/c1-3-5-11-7-8-13(14)12(10-11)6-4-9-15-2/h11-13H,3-10,14H2,1-2H3. The summed E-state index contributed by atoms with van der Waals surface area (Å²) in [4.78, 5) is 0. The Labute approximate surface area is 99.6 Å². The molecule has 0 aliphatic heterocycles. The molecule has 0 saturated heterocycles. The first-order valence-corrected chi connectivity index (χ1v) is 7.91. The second kappa shape index (κ2) is 7.56. The van der Waals surface area contributed by atoms with Crippen molar-refractivity contribution in [2.45, 2.75) is 57.9 Å². The maximum atomic E-state index is 6.21. The lowest BCUT2D eigenvalue weighted by atomic mass is 9.75. The molecule has 1 nitrogen and oxygen atoms in total. The fourth-order valence-corrected chi connectivity index (χ4v) is 3.33.